The second-order valence-electron chi connectivity index (χ2n) is 4.63. The van der Waals surface area contributed by atoms with E-state index in [1.54, 1.807) is 0 Å². The van der Waals surface area contributed by atoms with E-state index in [0.29, 0.717) is 0 Å². The first-order chi connectivity index (χ1) is 10.6. The van der Waals surface area contributed by atoms with E-state index in [1.807, 2.05) is 0 Å². The van der Waals surface area contributed by atoms with Gasteiger partial charge in [-0.05, 0) is 6.92 Å². The third-order valence-corrected chi connectivity index (χ3v) is 2.58. The van der Waals surface area contributed by atoms with Crippen molar-refractivity contribution in [1.82, 2.24) is 0 Å². The molecule has 0 rings (SSSR count). The molecule has 0 aliphatic heterocycles. The van der Waals surface area contributed by atoms with E-state index < -0.39 is 56.2 Å². The van der Waals surface area contributed by atoms with Gasteiger partial charge in [-0.3, -0.25) is 0 Å². The van der Waals surface area contributed by atoms with E-state index in [2.05, 4.69) is 16.1 Å². The first-order valence-corrected chi connectivity index (χ1v) is 6.18. The topological polar surface area (TPSA) is 35.5 Å². The van der Waals surface area contributed by atoms with E-state index in [4.69, 9.17) is 0 Å². The fraction of sp³-hybridized carbons (Fsp3) is 0.750. The van der Waals surface area contributed by atoms with Gasteiger partial charge in [-0.15, -0.1) is 0 Å². The zero-order valence-electron chi connectivity index (χ0n) is 12.2. The van der Waals surface area contributed by atoms with E-state index in [-0.39, 0.29) is 5.57 Å². The molecule has 0 aliphatic rings. The first-order valence-electron chi connectivity index (χ1n) is 6.18. The zero-order valence-corrected chi connectivity index (χ0v) is 12.2. The number of carbonyl (C=O) groups is 1. The summed E-state index contributed by atoms with van der Waals surface area (Å²) in [4.78, 5) is 10.9. The maximum atomic E-state index is 13.1. The zero-order chi connectivity index (χ0) is 19.4. The standard InChI is InChI=1S/C12H13F9O3/c1-7(2)8(22)24-6-5-23-4-3-9(13,14)10(15,16)11(17,18)12(19,20)21/h1,3-6H2,2H3. The molecule has 0 aliphatic carbocycles. The molecular weight excluding hydrogens is 363 g/mol. The highest BCUT2D eigenvalue weighted by Crippen LogP contribution is 2.53. The van der Waals surface area contributed by atoms with Crippen molar-refractivity contribution in [3.05, 3.63) is 12.2 Å². The van der Waals surface area contributed by atoms with Crippen molar-refractivity contribution in [3.63, 3.8) is 0 Å². The molecule has 0 aromatic heterocycles. The van der Waals surface area contributed by atoms with Gasteiger partial charge in [0.15, 0.2) is 0 Å². The van der Waals surface area contributed by atoms with Crippen LogP contribution in [-0.4, -0.2) is 49.7 Å². The van der Waals surface area contributed by atoms with Gasteiger partial charge in [0, 0.05) is 12.0 Å². The molecule has 0 bridgehead atoms. The van der Waals surface area contributed by atoms with Crippen LogP contribution < -0.4 is 0 Å². The summed E-state index contributed by atoms with van der Waals surface area (Å²) in [5, 5.41) is 0. The van der Waals surface area contributed by atoms with Crippen molar-refractivity contribution in [2.75, 3.05) is 19.8 Å². The van der Waals surface area contributed by atoms with Crippen LogP contribution >= 0.6 is 0 Å². The maximum absolute atomic E-state index is 13.1. The molecule has 0 saturated heterocycles. The fourth-order valence-electron chi connectivity index (χ4n) is 1.18. The third-order valence-electron chi connectivity index (χ3n) is 2.58. The minimum Gasteiger partial charge on any atom is -0.460 e. The van der Waals surface area contributed by atoms with Gasteiger partial charge in [0.25, 0.3) is 0 Å². The monoisotopic (exact) mass is 376 g/mol. The summed E-state index contributed by atoms with van der Waals surface area (Å²) in [6.45, 7) is 2.21. The van der Waals surface area contributed by atoms with Crippen molar-refractivity contribution in [2.24, 2.45) is 0 Å². The van der Waals surface area contributed by atoms with Gasteiger partial charge in [-0.2, -0.15) is 39.5 Å². The van der Waals surface area contributed by atoms with Crippen LogP contribution in [-0.2, 0) is 14.3 Å². The van der Waals surface area contributed by atoms with E-state index in [0.717, 1.165) is 0 Å². The highest BCUT2D eigenvalue weighted by atomic mass is 19.4. The second-order valence-corrected chi connectivity index (χ2v) is 4.63. The summed E-state index contributed by atoms with van der Waals surface area (Å²) in [5.74, 6) is -20.1. The Kier molecular flexibility index (Phi) is 7.15. The normalized spacial score (nSPS) is 13.8. The molecule has 0 spiro atoms. The summed E-state index contributed by atoms with van der Waals surface area (Å²) in [5.41, 5.74) is 0.00978. The van der Waals surface area contributed by atoms with Gasteiger partial charge >= 0.3 is 29.9 Å². The number of esters is 1. The van der Waals surface area contributed by atoms with Gasteiger partial charge in [0.1, 0.15) is 6.61 Å². The van der Waals surface area contributed by atoms with Crippen molar-refractivity contribution < 1.29 is 53.8 Å². The molecule has 0 fully saturated rings. The summed E-state index contributed by atoms with van der Waals surface area (Å²) < 4.78 is 121. The summed E-state index contributed by atoms with van der Waals surface area (Å²) in [7, 11) is 0. The van der Waals surface area contributed by atoms with Gasteiger partial charge in [0.2, 0.25) is 0 Å². The van der Waals surface area contributed by atoms with Crippen LogP contribution in [0.2, 0.25) is 0 Å². The van der Waals surface area contributed by atoms with Crippen LogP contribution in [0, 0.1) is 0 Å². The SMILES string of the molecule is C=C(C)C(=O)OCCOCCC(F)(F)C(F)(F)C(F)(F)C(F)(F)F. The molecule has 0 heterocycles. The van der Waals surface area contributed by atoms with Crippen LogP contribution in [0.1, 0.15) is 13.3 Å². The van der Waals surface area contributed by atoms with Crippen molar-refractivity contribution in [2.45, 2.75) is 37.3 Å². The number of carbonyl (C=O) groups excluding carboxylic acids is 1. The lowest BCUT2D eigenvalue weighted by Crippen LogP contribution is -2.61. The van der Waals surface area contributed by atoms with Gasteiger partial charge < -0.3 is 9.47 Å². The molecule has 0 aromatic carbocycles. The van der Waals surface area contributed by atoms with Gasteiger partial charge in [-0.1, -0.05) is 6.58 Å². The molecule has 0 atom stereocenters. The third kappa shape index (κ3) is 5.02. The molecule has 12 heteroatoms. The number of ether oxygens (including phenoxy) is 2. The highest BCUT2D eigenvalue weighted by Gasteiger charge is 2.81. The summed E-state index contributed by atoms with van der Waals surface area (Å²) in [6, 6.07) is 0. The van der Waals surface area contributed by atoms with Crippen LogP contribution in [0.25, 0.3) is 0 Å². The molecule has 0 amide bonds. The van der Waals surface area contributed by atoms with Gasteiger partial charge in [0.05, 0.1) is 13.2 Å². The van der Waals surface area contributed by atoms with E-state index >= 15 is 0 Å². The van der Waals surface area contributed by atoms with Crippen LogP contribution in [0.4, 0.5) is 39.5 Å². The lowest BCUT2D eigenvalue weighted by atomic mass is 10.0. The Morgan fingerprint density at radius 1 is 0.875 bits per heavy atom. The Balaban J connectivity index is 4.54. The number of hydrogen-bond acceptors (Lipinski definition) is 3. The Morgan fingerprint density at radius 2 is 1.38 bits per heavy atom. The Morgan fingerprint density at radius 3 is 1.79 bits per heavy atom. The molecule has 142 valence electrons. The maximum Gasteiger partial charge on any atom is 0.460 e. The molecule has 0 radical (unpaired) electrons. The lowest BCUT2D eigenvalue weighted by Gasteiger charge is -2.33. The predicted octanol–water partition coefficient (Wildman–Crippen LogP) is 3.98. The number of rotatable bonds is 9. The number of alkyl halides is 9. The number of hydrogen-bond donors (Lipinski definition) is 0. The molecule has 0 aromatic rings. The average molecular weight is 376 g/mol. The predicted molar refractivity (Wildman–Crippen MR) is 62.1 cm³/mol. The molecule has 3 nitrogen and oxygen atoms in total. The van der Waals surface area contributed by atoms with Crippen molar-refractivity contribution in [1.29, 1.82) is 0 Å². The molecular formula is C12H13F9O3. The quantitative estimate of drug-likeness (QED) is 0.264. The minimum atomic E-state index is -6.92. The van der Waals surface area contributed by atoms with E-state index in [9.17, 15) is 44.3 Å². The molecule has 0 N–H and O–H groups in total. The average Bonchev–Trinajstić information content (AvgIpc) is 2.40. The smallest absolute Gasteiger partial charge is 0.460 e. The van der Waals surface area contributed by atoms with E-state index in [1.165, 1.54) is 6.92 Å². The second kappa shape index (κ2) is 7.62. The Labute approximate surface area is 130 Å². The first kappa shape index (κ1) is 22.5. The molecule has 0 unspecified atom stereocenters. The fourth-order valence-corrected chi connectivity index (χ4v) is 1.18. The van der Waals surface area contributed by atoms with Gasteiger partial charge in [-0.25, -0.2) is 4.79 Å². The highest BCUT2D eigenvalue weighted by molar-refractivity contribution is 5.86. The summed E-state index contributed by atoms with van der Waals surface area (Å²) >= 11 is 0. The Hall–Kier alpha value is -1.46. The Bertz CT molecular complexity index is 457. The van der Waals surface area contributed by atoms with Crippen LogP contribution in [0.15, 0.2) is 12.2 Å². The molecule has 0 saturated carbocycles. The molecule has 24 heavy (non-hydrogen) atoms. The lowest BCUT2D eigenvalue weighted by molar-refractivity contribution is -0.397. The largest absolute Gasteiger partial charge is 0.460 e. The van der Waals surface area contributed by atoms with Crippen molar-refractivity contribution in [3.8, 4) is 0 Å². The van der Waals surface area contributed by atoms with Crippen LogP contribution in [0.3, 0.4) is 0 Å². The van der Waals surface area contributed by atoms with Crippen LogP contribution in [0.5, 0.6) is 0 Å². The summed E-state index contributed by atoms with van der Waals surface area (Å²) in [6.07, 6.45) is -8.95. The van der Waals surface area contributed by atoms with Crippen molar-refractivity contribution >= 4 is 5.97 Å². The minimum absolute atomic E-state index is 0.00978. The number of halogens is 9.